The molecule has 1 aliphatic rings. The lowest BCUT2D eigenvalue weighted by atomic mass is 10.1. The largest absolute Gasteiger partial charge is 0.372 e. The molecule has 0 heterocycles. The average Bonchev–Trinajstić information content (AvgIpc) is 3.02. The molecule has 2 nitrogen and oxygen atoms in total. The summed E-state index contributed by atoms with van der Waals surface area (Å²) in [5.74, 6) is -0.236. The Morgan fingerprint density at radius 3 is 2.75 bits per heavy atom. The van der Waals surface area contributed by atoms with E-state index in [2.05, 4.69) is 0 Å². The molecule has 1 aromatic rings. The minimum atomic E-state index is -0.236. The van der Waals surface area contributed by atoms with E-state index in [1.54, 1.807) is 12.1 Å². The summed E-state index contributed by atoms with van der Waals surface area (Å²) in [5, 5.41) is 0.556. The lowest BCUT2D eigenvalue weighted by molar-refractivity contribution is 0.517. The lowest BCUT2D eigenvalue weighted by Gasteiger charge is -2.25. The molecule has 0 radical (unpaired) electrons. The van der Waals surface area contributed by atoms with Crippen LogP contribution in [0.5, 0.6) is 0 Å². The maximum atomic E-state index is 13.6. The second kappa shape index (κ2) is 4.22. The maximum Gasteiger partial charge on any atom is 0.146 e. The Morgan fingerprint density at radius 1 is 1.50 bits per heavy atom. The number of nitrogens with zero attached hydrogens (tertiary/aromatic N) is 1. The highest BCUT2D eigenvalue weighted by atomic mass is 35.5. The van der Waals surface area contributed by atoms with Gasteiger partial charge in [-0.05, 0) is 37.6 Å². The minimum absolute atomic E-state index is 0.198. The highest BCUT2D eigenvalue weighted by Crippen LogP contribution is 2.45. The molecule has 2 rings (SSSR count). The predicted octanol–water partition coefficient (Wildman–Crippen LogP) is 2.65. The van der Waals surface area contributed by atoms with Crippen molar-refractivity contribution in [3.05, 3.63) is 29.0 Å². The van der Waals surface area contributed by atoms with E-state index < -0.39 is 0 Å². The molecule has 0 atom stereocenters. The molecule has 0 aliphatic heterocycles. The first-order valence-corrected chi connectivity index (χ1v) is 5.80. The molecule has 1 aromatic carbocycles. The summed E-state index contributed by atoms with van der Waals surface area (Å²) in [4.78, 5) is 1.90. The van der Waals surface area contributed by atoms with Crippen molar-refractivity contribution in [2.24, 2.45) is 11.1 Å². The van der Waals surface area contributed by atoms with Gasteiger partial charge >= 0.3 is 0 Å². The zero-order chi connectivity index (χ0) is 11.8. The molecule has 0 bridgehead atoms. The Morgan fingerprint density at radius 2 is 2.19 bits per heavy atom. The zero-order valence-corrected chi connectivity index (χ0v) is 10.1. The van der Waals surface area contributed by atoms with Crippen molar-refractivity contribution in [2.45, 2.75) is 12.8 Å². The molecule has 1 aliphatic carbocycles. The van der Waals surface area contributed by atoms with Crippen LogP contribution in [0.1, 0.15) is 12.8 Å². The quantitative estimate of drug-likeness (QED) is 0.880. The van der Waals surface area contributed by atoms with Crippen LogP contribution in [-0.4, -0.2) is 20.1 Å². The second-order valence-electron chi connectivity index (χ2n) is 4.66. The molecule has 0 aromatic heterocycles. The first kappa shape index (κ1) is 11.7. The number of hydrogen-bond donors (Lipinski definition) is 1. The van der Waals surface area contributed by atoms with Gasteiger partial charge in [0, 0.05) is 24.0 Å². The smallest absolute Gasteiger partial charge is 0.146 e. The molecule has 0 amide bonds. The Bertz CT molecular complexity index is 391. The molecule has 4 heteroatoms. The highest BCUT2D eigenvalue weighted by Gasteiger charge is 2.42. The fraction of sp³-hybridized carbons (Fsp3) is 0.500. The summed E-state index contributed by atoms with van der Waals surface area (Å²) in [6.45, 7) is 1.46. The van der Waals surface area contributed by atoms with Gasteiger partial charge in [-0.15, -0.1) is 0 Å². The van der Waals surface area contributed by atoms with E-state index in [0.717, 1.165) is 19.4 Å². The van der Waals surface area contributed by atoms with E-state index in [4.69, 9.17) is 17.3 Å². The molecule has 0 unspecified atom stereocenters. The van der Waals surface area contributed by atoms with E-state index >= 15 is 0 Å². The van der Waals surface area contributed by atoms with Gasteiger partial charge in [-0.25, -0.2) is 4.39 Å². The summed E-state index contributed by atoms with van der Waals surface area (Å²) in [6.07, 6.45) is 2.27. The zero-order valence-electron chi connectivity index (χ0n) is 9.34. The van der Waals surface area contributed by atoms with Crippen LogP contribution >= 0.6 is 11.6 Å². The fourth-order valence-corrected chi connectivity index (χ4v) is 2.14. The van der Waals surface area contributed by atoms with Crippen molar-refractivity contribution in [2.75, 3.05) is 25.0 Å². The first-order valence-electron chi connectivity index (χ1n) is 5.43. The molecule has 88 valence electrons. The van der Waals surface area contributed by atoms with Crippen LogP contribution in [-0.2, 0) is 0 Å². The molecule has 1 fully saturated rings. The van der Waals surface area contributed by atoms with E-state index in [9.17, 15) is 4.39 Å². The number of rotatable bonds is 4. The standard InChI is InChI=1S/C12H16ClFN2/c1-16(8-12(7-15)4-5-12)11-6-9(13)2-3-10(11)14/h2-3,6H,4-5,7-8,15H2,1H3. The summed E-state index contributed by atoms with van der Waals surface area (Å²) < 4.78 is 13.6. The van der Waals surface area contributed by atoms with Crippen molar-refractivity contribution in [1.82, 2.24) is 0 Å². The van der Waals surface area contributed by atoms with Crippen molar-refractivity contribution in [3.63, 3.8) is 0 Å². The van der Waals surface area contributed by atoms with Crippen LogP contribution in [0.25, 0.3) is 0 Å². The van der Waals surface area contributed by atoms with E-state index in [1.807, 2.05) is 11.9 Å². The van der Waals surface area contributed by atoms with Crippen molar-refractivity contribution >= 4 is 17.3 Å². The predicted molar refractivity (Wildman–Crippen MR) is 65.4 cm³/mol. The van der Waals surface area contributed by atoms with Crippen LogP contribution in [0.15, 0.2) is 18.2 Å². The van der Waals surface area contributed by atoms with Crippen molar-refractivity contribution < 1.29 is 4.39 Å². The van der Waals surface area contributed by atoms with E-state index in [1.165, 1.54) is 6.07 Å². The van der Waals surface area contributed by atoms with Crippen LogP contribution in [0.3, 0.4) is 0 Å². The van der Waals surface area contributed by atoms with E-state index in [0.29, 0.717) is 17.3 Å². The van der Waals surface area contributed by atoms with Gasteiger partial charge in [0.05, 0.1) is 5.69 Å². The lowest BCUT2D eigenvalue weighted by Crippen LogP contribution is -2.31. The monoisotopic (exact) mass is 242 g/mol. The molecule has 16 heavy (non-hydrogen) atoms. The first-order chi connectivity index (χ1) is 7.56. The van der Waals surface area contributed by atoms with E-state index in [-0.39, 0.29) is 11.2 Å². The summed E-state index contributed by atoms with van der Waals surface area (Å²) in [5.41, 5.74) is 6.46. The van der Waals surface area contributed by atoms with Gasteiger partial charge in [-0.1, -0.05) is 11.6 Å². The van der Waals surface area contributed by atoms with Gasteiger partial charge in [0.15, 0.2) is 0 Å². The van der Waals surface area contributed by atoms with Crippen LogP contribution < -0.4 is 10.6 Å². The topological polar surface area (TPSA) is 29.3 Å². The molecule has 0 saturated heterocycles. The Kier molecular flexibility index (Phi) is 3.08. The number of halogens is 2. The number of anilines is 1. The SMILES string of the molecule is CN(CC1(CN)CC1)c1cc(Cl)ccc1F. The number of nitrogens with two attached hydrogens (primary N) is 1. The van der Waals surface area contributed by atoms with Gasteiger partial charge in [-0.2, -0.15) is 0 Å². The number of benzene rings is 1. The molecule has 1 saturated carbocycles. The van der Waals surface area contributed by atoms with Gasteiger partial charge < -0.3 is 10.6 Å². The Labute approximate surface area is 100 Å². The highest BCUT2D eigenvalue weighted by molar-refractivity contribution is 6.30. The number of hydrogen-bond acceptors (Lipinski definition) is 2. The summed E-state index contributed by atoms with van der Waals surface area (Å²) >= 11 is 5.86. The summed E-state index contributed by atoms with van der Waals surface area (Å²) in [7, 11) is 1.88. The molecular weight excluding hydrogens is 227 g/mol. The van der Waals surface area contributed by atoms with Gasteiger partial charge in [-0.3, -0.25) is 0 Å². The second-order valence-corrected chi connectivity index (χ2v) is 5.09. The van der Waals surface area contributed by atoms with Gasteiger partial charge in [0.25, 0.3) is 0 Å². The average molecular weight is 243 g/mol. The van der Waals surface area contributed by atoms with Crippen LogP contribution in [0.4, 0.5) is 10.1 Å². The third-order valence-corrected chi connectivity index (χ3v) is 3.52. The van der Waals surface area contributed by atoms with Crippen LogP contribution in [0.2, 0.25) is 5.02 Å². The normalized spacial score (nSPS) is 17.2. The molecule has 2 N–H and O–H groups in total. The maximum absolute atomic E-state index is 13.6. The Hall–Kier alpha value is -0.800. The van der Waals surface area contributed by atoms with Crippen LogP contribution in [0, 0.1) is 11.2 Å². The van der Waals surface area contributed by atoms with Gasteiger partial charge in [0.2, 0.25) is 0 Å². The summed E-state index contributed by atoms with van der Waals surface area (Å²) in [6, 6.07) is 4.61. The van der Waals surface area contributed by atoms with Crippen molar-refractivity contribution in [1.29, 1.82) is 0 Å². The minimum Gasteiger partial charge on any atom is -0.372 e. The molecular formula is C12H16ClFN2. The Balaban J connectivity index is 2.14. The fourth-order valence-electron chi connectivity index (χ4n) is 1.97. The molecule has 0 spiro atoms. The van der Waals surface area contributed by atoms with Gasteiger partial charge in [0.1, 0.15) is 5.82 Å². The van der Waals surface area contributed by atoms with Crippen molar-refractivity contribution in [3.8, 4) is 0 Å². The third kappa shape index (κ3) is 2.30. The third-order valence-electron chi connectivity index (χ3n) is 3.28.